The van der Waals surface area contributed by atoms with Crippen LogP contribution in [0.1, 0.15) is 6.42 Å². The van der Waals surface area contributed by atoms with E-state index in [4.69, 9.17) is 10.8 Å². The summed E-state index contributed by atoms with van der Waals surface area (Å²) in [4.78, 5) is 2.28. The number of rotatable bonds is 2. The SMILES string of the molecule is Nc1cccc(N2CCC(CO)C2)c1. The lowest BCUT2D eigenvalue weighted by atomic mass is 10.1. The van der Waals surface area contributed by atoms with Gasteiger partial charge in [-0.1, -0.05) is 6.07 Å². The summed E-state index contributed by atoms with van der Waals surface area (Å²) < 4.78 is 0. The third-order valence-electron chi connectivity index (χ3n) is 2.78. The van der Waals surface area contributed by atoms with E-state index in [1.165, 1.54) is 5.69 Å². The second-order valence-electron chi connectivity index (χ2n) is 3.88. The van der Waals surface area contributed by atoms with Gasteiger partial charge in [-0.25, -0.2) is 0 Å². The molecule has 3 heteroatoms. The Bertz CT molecular complexity index is 314. The molecule has 0 aromatic heterocycles. The van der Waals surface area contributed by atoms with Gasteiger partial charge in [0.25, 0.3) is 0 Å². The number of aliphatic hydroxyl groups excluding tert-OH is 1. The molecule has 0 aliphatic carbocycles. The van der Waals surface area contributed by atoms with Crippen LogP contribution in [0.3, 0.4) is 0 Å². The maximum absolute atomic E-state index is 9.03. The predicted molar refractivity (Wildman–Crippen MR) is 58.3 cm³/mol. The average Bonchev–Trinajstić information content (AvgIpc) is 2.66. The van der Waals surface area contributed by atoms with E-state index in [9.17, 15) is 0 Å². The Morgan fingerprint density at radius 2 is 2.36 bits per heavy atom. The first-order valence-corrected chi connectivity index (χ1v) is 5.01. The Labute approximate surface area is 84.1 Å². The fourth-order valence-electron chi connectivity index (χ4n) is 1.94. The molecule has 1 aliphatic heterocycles. The largest absolute Gasteiger partial charge is 0.399 e. The van der Waals surface area contributed by atoms with Gasteiger partial charge in [0.2, 0.25) is 0 Å². The van der Waals surface area contributed by atoms with Crippen molar-refractivity contribution >= 4 is 11.4 Å². The Morgan fingerprint density at radius 3 is 3.00 bits per heavy atom. The summed E-state index contributed by atoms with van der Waals surface area (Å²) in [5.74, 6) is 0.427. The van der Waals surface area contributed by atoms with E-state index in [0.29, 0.717) is 12.5 Å². The lowest BCUT2D eigenvalue weighted by molar-refractivity contribution is 0.238. The summed E-state index contributed by atoms with van der Waals surface area (Å²) in [6.07, 6.45) is 1.07. The summed E-state index contributed by atoms with van der Waals surface area (Å²) in [6, 6.07) is 7.91. The van der Waals surface area contributed by atoms with Gasteiger partial charge in [-0.15, -0.1) is 0 Å². The molecule has 76 valence electrons. The van der Waals surface area contributed by atoms with Crippen LogP contribution in [0, 0.1) is 5.92 Å². The van der Waals surface area contributed by atoms with Crippen LogP contribution in [-0.4, -0.2) is 24.8 Å². The number of nitrogen functional groups attached to an aromatic ring is 1. The van der Waals surface area contributed by atoms with E-state index in [1.807, 2.05) is 18.2 Å². The monoisotopic (exact) mass is 192 g/mol. The summed E-state index contributed by atoms with van der Waals surface area (Å²) in [5, 5.41) is 9.03. The minimum atomic E-state index is 0.290. The normalized spacial score (nSPS) is 21.5. The summed E-state index contributed by atoms with van der Waals surface area (Å²) in [5.41, 5.74) is 7.69. The first-order chi connectivity index (χ1) is 6.79. The molecule has 1 aliphatic rings. The van der Waals surface area contributed by atoms with Gasteiger partial charge in [-0.3, -0.25) is 0 Å². The second kappa shape index (κ2) is 3.88. The van der Waals surface area contributed by atoms with Gasteiger partial charge in [-0.2, -0.15) is 0 Å². The quantitative estimate of drug-likeness (QED) is 0.689. The molecule has 3 nitrogen and oxygen atoms in total. The highest BCUT2D eigenvalue weighted by molar-refractivity contribution is 5.56. The van der Waals surface area contributed by atoms with E-state index in [0.717, 1.165) is 25.2 Å². The molecule has 1 unspecified atom stereocenters. The summed E-state index contributed by atoms with van der Waals surface area (Å²) >= 11 is 0. The minimum absolute atomic E-state index is 0.290. The Morgan fingerprint density at radius 1 is 1.50 bits per heavy atom. The van der Waals surface area contributed by atoms with Gasteiger partial charge in [0.05, 0.1) is 0 Å². The highest BCUT2D eigenvalue weighted by Gasteiger charge is 2.21. The topological polar surface area (TPSA) is 49.5 Å². The van der Waals surface area contributed by atoms with Crippen LogP contribution < -0.4 is 10.6 Å². The fourth-order valence-corrected chi connectivity index (χ4v) is 1.94. The van der Waals surface area contributed by atoms with E-state index >= 15 is 0 Å². The standard InChI is InChI=1S/C11H16N2O/c12-10-2-1-3-11(6-10)13-5-4-9(7-13)8-14/h1-3,6,9,14H,4-5,7-8,12H2. The molecule has 1 aromatic rings. The number of anilines is 2. The smallest absolute Gasteiger partial charge is 0.0476 e. The third kappa shape index (κ3) is 1.82. The van der Waals surface area contributed by atoms with E-state index in [1.54, 1.807) is 0 Å². The zero-order chi connectivity index (χ0) is 9.97. The van der Waals surface area contributed by atoms with Crippen LogP contribution in [0.4, 0.5) is 11.4 Å². The van der Waals surface area contributed by atoms with Crippen LogP contribution in [0.25, 0.3) is 0 Å². The Hall–Kier alpha value is -1.22. The zero-order valence-electron chi connectivity index (χ0n) is 8.19. The van der Waals surface area contributed by atoms with Crippen LogP contribution in [0.15, 0.2) is 24.3 Å². The Kier molecular flexibility index (Phi) is 2.59. The molecule has 3 N–H and O–H groups in total. The summed E-state index contributed by atoms with van der Waals surface area (Å²) in [7, 11) is 0. The van der Waals surface area contributed by atoms with Gasteiger partial charge < -0.3 is 15.7 Å². The molecular formula is C11H16N2O. The highest BCUT2D eigenvalue weighted by atomic mass is 16.3. The molecule has 0 saturated carbocycles. The van der Waals surface area contributed by atoms with Crippen molar-refractivity contribution in [2.24, 2.45) is 5.92 Å². The number of benzene rings is 1. The molecule has 1 atom stereocenters. The van der Waals surface area contributed by atoms with E-state index in [-0.39, 0.29) is 0 Å². The Balaban J connectivity index is 2.09. The maximum Gasteiger partial charge on any atom is 0.0476 e. The third-order valence-corrected chi connectivity index (χ3v) is 2.78. The zero-order valence-corrected chi connectivity index (χ0v) is 8.19. The van der Waals surface area contributed by atoms with Crippen LogP contribution in [0.2, 0.25) is 0 Å². The molecule has 1 aromatic carbocycles. The molecule has 0 amide bonds. The first-order valence-electron chi connectivity index (χ1n) is 5.01. The van der Waals surface area contributed by atoms with Crippen LogP contribution >= 0.6 is 0 Å². The van der Waals surface area contributed by atoms with Crippen molar-refractivity contribution in [2.75, 3.05) is 30.3 Å². The van der Waals surface area contributed by atoms with Crippen molar-refractivity contribution in [3.63, 3.8) is 0 Å². The van der Waals surface area contributed by atoms with Gasteiger partial charge in [-0.05, 0) is 24.6 Å². The molecule has 1 fully saturated rings. The van der Waals surface area contributed by atoms with Crippen molar-refractivity contribution in [2.45, 2.75) is 6.42 Å². The number of hydrogen-bond donors (Lipinski definition) is 2. The molecule has 14 heavy (non-hydrogen) atoms. The molecule has 1 saturated heterocycles. The second-order valence-corrected chi connectivity index (χ2v) is 3.88. The predicted octanol–water partition coefficient (Wildman–Crippen LogP) is 1.09. The van der Waals surface area contributed by atoms with Crippen LogP contribution in [0.5, 0.6) is 0 Å². The van der Waals surface area contributed by atoms with Gasteiger partial charge >= 0.3 is 0 Å². The molecule has 2 rings (SSSR count). The maximum atomic E-state index is 9.03. The van der Waals surface area contributed by atoms with Crippen molar-refractivity contribution < 1.29 is 5.11 Å². The van der Waals surface area contributed by atoms with Gasteiger partial charge in [0, 0.05) is 37.0 Å². The molecular weight excluding hydrogens is 176 g/mol. The molecule has 1 heterocycles. The van der Waals surface area contributed by atoms with Crippen molar-refractivity contribution in [3.05, 3.63) is 24.3 Å². The number of hydrogen-bond acceptors (Lipinski definition) is 3. The fraction of sp³-hybridized carbons (Fsp3) is 0.455. The minimum Gasteiger partial charge on any atom is -0.399 e. The van der Waals surface area contributed by atoms with Crippen LogP contribution in [-0.2, 0) is 0 Å². The molecule has 0 bridgehead atoms. The molecule has 0 spiro atoms. The lowest BCUT2D eigenvalue weighted by Gasteiger charge is -2.18. The highest BCUT2D eigenvalue weighted by Crippen LogP contribution is 2.24. The van der Waals surface area contributed by atoms with Crippen molar-refractivity contribution in [1.29, 1.82) is 0 Å². The average molecular weight is 192 g/mol. The van der Waals surface area contributed by atoms with E-state index in [2.05, 4.69) is 11.0 Å². The number of aliphatic hydroxyl groups is 1. The lowest BCUT2D eigenvalue weighted by Crippen LogP contribution is -2.20. The van der Waals surface area contributed by atoms with Gasteiger partial charge in [0.1, 0.15) is 0 Å². The molecule has 0 radical (unpaired) electrons. The van der Waals surface area contributed by atoms with Gasteiger partial charge in [0.15, 0.2) is 0 Å². The summed E-state index contributed by atoms with van der Waals surface area (Å²) in [6.45, 7) is 2.26. The van der Waals surface area contributed by atoms with Crippen molar-refractivity contribution in [1.82, 2.24) is 0 Å². The first kappa shape index (κ1) is 9.34. The number of nitrogens with two attached hydrogens (primary N) is 1. The van der Waals surface area contributed by atoms with Crippen molar-refractivity contribution in [3.8, 4) is 0 Å². The van der Waals surface area contributed by atoms with E-state index < -0.39 is 0 Å². The number of nitrogens with zero attached hydrogens (tertiary/aromatic N) is 1.